The van der Waals surface area contributed by atoms with E-state index in [1.165, 1.54) is 0 Å². The fraction of sp³-hybridized carbons (Fsp3) is 0.471. The van der Waals surface area contributed by atoms with Crippen LogP contribution in [0.4, 0.5) is 0 Å². The molecule has 2 heterocycles. The summed E-state index contributed by atoms with van der Waals surface area (Å²) in [6.07, 6.45) is 0.147. The highest BCUT2D eigenvalue weighted by Gasteiger charge is 2.35. The summed E-state index contributed by atoms with van der Waals surface area (Å²) in [5.41, 5.74) is 0.831. The fourth-order valence-corrected chi connectivity index (χ4v) is 3.19. The molecule has 0 N–H and O–H groups in total. The number of amides is 3. The van der Waals surface area contributed by atoms with Crippen molar-refractivity contribution in [3.63, 3.8) is 0 Å². The molecule has 0 aliphatic carbocycles. The van der Waals surface area contributed by atoms with E-state index >= 15 is 0 Å². The molecule has 2 aliphatic rings. The van der Waals surface area contributed by atoms with Crippen LogP contribution in [0.15, 0.2) is 24.3 Å². The van der Waals surface area contributed by atoms with Gasteiger partial charge in [0.05, 0.1) is 23.3 Å². The highest BCUT2D eigenvalue weighted by atomic mass is 16.5. The van der Waals surface area contributed by atoms with E-state index in [0.29, 0.717) is 24.2 Å². The van der Waals surface area contributed by atoms with Gasteiger partial charge in [0.25, 0.3) is 11.8 Å². The minimum absolute atomic E-state index is 0.00186. The van der Waals surface area contributed by atoms with E-state index < -0.39 is 0 Å². The fourth-order valence-electron chi connectivity index (χ4n) is 3.19. The summed E-state index contributed by atoms with van der Waals surface area (Å²) < 4.78 is 5.61. The summed E-state index contributed by atoms with van der Waals surface area (Å²) in [7, 11) is 0. The third kappa shape index (κ3) is 2.99. The molecule has 3 rings (SSSR count). The minimum atomic E-state index is -0.317. The second-order valence-electron chi connectivity index (χ2n) is 6.11. The zero-order valence-electron chi connectivity index (χ0n) is 13.3. The number of carbonyl (C=O) groups is 3. The van der Waals surface area contributed by atoms with Gasteiger partial charge in [-0.2, -0.15) is 0 Å². The number of nitrogens with zero attached hydrogens (tertiary/aromatic N) is 2. The maximum absolute atomic E-state index is 12.4. The van der Waals surface area contributed by atoms with Gasteiger partial charge in [0, 0.05) is 26.1 Å². The summed E-state index contributed by atoms with van der Waals surface area (Å²) >= 11 is 0. The first-order chi connectivity index (χ1) is 11.0. The lowest BCUT2D eigenvalue weighted by atomic mass is 10.1. The lowest BCUT2D eigenvalue weighted by Crippen LogP contribution is -2.49. The van der Waals surface area contributed by atoms with Crippen LogP contribution in [0.5, 0.6) is 0 Å². The Kier molecular flexibility index (Phi) is 4.17. The number of morpholine rings is 1. The van der Waals surface area contributed by atoms with Crippen molar-refractivity contribution in [2.75, 3.05) is 19.6 Å². The average molecular weight is 316 g/mol. The number of carbonyl (C=O) groups excluding carboxylic acids is 3. The number of hydrogen-bond donors (Lipinski definition) is 0. The van der Waals surface area contributed by atoms with Crippen molar-refractivity contribution in [1.82, 2.24) is 9.80 Å². The minimum Gasteiger partial charge on any atom is -0.372 e. The molecule has 2 atom stereocenters. The molecule has 0 bridgehead atoms. The van der Waals surface area contributed by atoms with Crippen molar-refractivity contribution in [3.8, 4) is 0 Å². The summed E-state index contributed by atoms with van der Waals surface area (Å²) in [4.78, 5) is 39.8. The van der Waals surface area contributed by atoms with E-state index in [0.717, 1.165) is 4.90 Å². The second kappa shape index (κ2) is 6.12. The maximum atomic E-state index is 12.4. The van der Waals surface area contributed by atoms with Gasteiger partial charge in [-0.1, -0.05) is 12.1 Å². The molecule has 1 aromatic rings. The molecule has 0 radical (unpaired) electrons. The standard InChI is InChI=1S/C17H20N2O4/c1-11-9-18(10-12(2)23-11)15(20)7-8-19-16(21)13-5-3-4-6-14(13)17(19)22/h3-6,11-12H,7-10H2,1-2H3/t11-,12+. The van der Waals surface area contributed by atoms with Crippen LogP contribution >= 0.6 is 0 Å². The van der Waals surface area contributed by atoms with Crippen molar-refractivity contribution < 1.29 is 19.1 Å². The molecule has 6 heteroatoms. The quantitative estimate of drug-likeness (QED) is 0.789. The van der Waals surface area contributed by atoms with E-state index in [4.69, 9.17) is 4.74 Å². The molecule has 6 nitrogen and oxygen atoms in total. The number of rotatable bonds is 3. The molecule has 1 aromatic carbocycles. The van der Waals surface area contributed by atoms with Crippen molar-refractivity contribution in [3.05, 3.63) is 35.4 Å². The normalized spacial score (nSPS) is 24.1. The molecular formula is C17H20N2O4. The predicted octanol–water partition coefficient (Wildman–Crippen LogP) is 1.31. The molecule has 2 aliphatic heterocycles. The zero-order chi connectivity index (χ0) is 16.6. The van der Waals surface area contributed by atoms with Gasteiger partial charge in [0.2, 0.25) is 5.91 Å². The Hall–Kier alpha value is -2.21. The van der Waals surface area contributed by atoms with E-state index in [2.05, 4.69) is 0 Å². The Morgan fingerprint density at radius 1 is 1.09 bits per heavy atom. The van der Waals surface area contributed by atoms with Crippen LogP contribution in [0.2, 0.25) is 0 Å². The molecule has 0 saturated carbocycles. The van der Waals surface area contributed by atoms with E-state index in [1.54, 1.807) is 29.2 Å². The van der Waals surface area contributed by atoms with Gasteiger partial charge in [-0.25, -0.2) is 0 Å². The Balaban J connectivity index is 1.62. The van der Waals surface area contributed by atoms with Crippen LogP contribution in [0.25, 0.3) is 0 Å². The molecule has 1 saturated heterocycles. The second-order valence-corrected chi connectivity index (χ2v) is 6.11. The number of ether oxygens (including phenoxy) is 1. The first-order valence-electron chi connectivity index (χ1n) is 7.86. The summed E-state index contributed by atoms with van der Waals surface area (Å²) in [5.74, 6) is -0.687. The monoisotopic (exact) mass is 316 g/mol. The average Bonchev–Trinajstić information content (AvgIpc) is 2.76. The molecule has 0 spiro atoms. The Morgan fingerprint density at radius 2 is 1.61 bits per heavy atom. The van der Waals surface area contributed by atoms with Crippen LogP contribution in [-0.4, -0.2) is 59.4 Å². The van der Waals surface area contributed by atoms with Gasteiger partial charge < -0.3 is 9.64 Å². The highest BCUT2D eigenvalue weighted by Crippen LogP contribution is 2.22. The van der Waals surface area contributed by atoms with Crippen molar-refractivity contribution in [2.45, 2.75) is 32.5 Å². The highest BCUT2D eigenvalue weighted by molar-refractivity contribution is 6.21. The lowest BCUT2D eigenvalue weighted by molar-refractivity contribution is -0.143. The van der Waals surface area contributed by atoms with Crippen LogP contribution in [0.1, 0.15) is 41.0 Å². The van der Waals surface area contributed by atoms with E-state index in [9.17, 15) is 14.4 Å². The number of hydrogen-bond acceptors (Lipinski definition) is 4. The van der Waals surface area contributed by atoms with Gasteiger partial charge in [-0.3, -0.25) is 19.3 Å². The smallest absolute Gasteiger partial charge is 0.261 e. The number of benzene rings is 1. The molecule has 122 valence electrons. The first kappa shape index (κ1) is 15.7. The van der Waals surface area contributed by atoms with Crippen LogP contribution in [0, 0.1) is 0 Å². The molecule has 1 fully saturated rings. The Bertz CT molecular complexity index is 613. The van der Waals surface area contributed by atoms with Gasteiger partial charge in [0.1, 0.15) is 0 Å². The van der Waals surface area contributed by atoms with E-state index in [1.807, 2.05) is 13.8 Å². The van der Waals surface area contributed by atoms with Gasteiger partial charge >= 0.3 is 0 Å². The lowest BCUT2D eigenvalue weighted by Gasteiger charge is -2.35. The maximum Gasteiger partial charge on any atom is 0.261 e. The third-order valence-corrected chi connectivity index (χ3v) is 4.20. The largest absolute Gasteiger partial charge is 0.372 e. The number of imide groups is 1. The van der Waals surface area contributed by atoms with Gasteiger partial charge in [-0.15, -0.1) is 0 Å². The molecule has 0 aromatic heterocycles. The molecule has 23 heavy (non-hydrogen) atoms. The van der Waals surface area contributed by atoms with Crippen molar-refractivity contribution in [1.29, 1.82) is 0 Å². The van der Waals surface area contributed by atoms with Gasteiger partial charge in [-0.05, 0) is 26.0 Å². The topological polar surface area (TPSA) is 66.9 Å². The van der Waals surface area contributed by atoms with Crippen LogP contribution < -0.4 is 0 Å². The van der Waals surface area contributed by atoms with Crippen LogP contribution in [0.3, 0.4) is 0 Å². The third-order valence-electron chi connectivity index (χ3n) is 4.20. The Labute approximate surface area is 135 Å². The molecular weight excluding hydrogens is 296 g/mol. The van der Waals surface area contributed by atoms with Crippen molar-refractivity contribution >= 4 is 17.7 Å². The van der Waals surface area contributed by atoms with Crippen molar-refractivity contribution in [2.24, 2.45) is 0 Å². The van der Waals surface area contributed by atoms with E-state index in [-0.39, 0.29) is 42.9 Å². The summed E-state index contributed by atoms with van der Waals surface area (Å²) in [5, 5.41) is 0. The van der Waals surface area contributed by atoms with Crippen LogP contribution in [-0.2, 0) is 9.53 Å². The number of fused-ring (bicyclic) bond motifs is 1. The zero-order valence-corrected chi connectivity index (χ0v) is 13.3. The first-order valence-corrected chi connectivity index (χ1v) is 7.86. The summed E-state index contributed by atoms with van der Waals surface area (Å²) in [6, 6.07) is 6.75. The van der Waals surface area contributed by atoms with Gasteiger partial charge in [0.15, 0.2) is 0 Å². The molecule has 3 amide bonds. The summed E-state index contributed by atoms with van der Waals surface area (Å²) in [6.45, 7) is 5.07. The SMILES string of the molecule is C[C@@H]1CN(C(=O)CCN2C(=O)c3ccccc3C2=O)C[C@H](C)O1. The Morgan fingerprint density at radius 3 is 2.13 bits per heavy atom. The molecule has 0 unspecified atom stereocenters. The predicted molar refractivity (Wildman–Crippen MR) is 83.0 cm³/mol.